The standard InChI is InChI=1S/C17H16ClF3O2.CH4/c1-3-23-14-6-4-5-12(15(14)18)16(22)13-9-11(17(19,20)21)8-7-10(13)2;/h4-9,16,22H,3H2,1-2H3;1H4. The molecular formula is C18H20ClF3O2. The van der Waals surface area contributed by atoms with Gasteiger partial charge >= 0.3 is 6.18 Å². The molecule has 0 aliphatic carbocycles. The Bertz CT molecular complexity index is 699. The molecule has 0 aliphatic rings. The molecular weight excluding hydrogens is 341 g/mol. The summed E-state index contributed by atoms with van der Waals surface area (Å²) in [7, 11) is 0. The van der Waals surface area contributed by atoms with E-state index in [2.05, 4.69) is 0 Å². The van der Waals surface area contributed by atoms with Crippen LogP contribution < -0.4 is 4.74 Å². The van der Waals surface area contributed by atoms with Crippen molar-refractivity contribution in [2.24, 2.45) is 0 Å². The number of halogens is 4. The summed E-state index contributed by atoms with van der Waals surface area (Å²) in [6.07, 6.45) is -5.75. The van der Waals surface area contributed by atoms with Crippen LogP contribution in [0.4, 0.5) is 13.2 Å². The van der Waals surface area contributed by atoms with E-state index in [0.29, 0.717) is 23.5 Å². The first kappa shape index (κ1) is 20.3. The number of aliphatic hydroxyl groups is 1. The van der Waals surface area contributed by atoms with Gasteiger partial charge in [-0.25, -0.2) is 0 Å². The van der Waals surface area contributed by atoms with E-state index in [9.17, 15) is 18.3 Å². The highest BCUT2D eigenvalue weighted by molar-refractivity contribution is 6.32. The zero-order valence-corrected chi connectivity index (χ0v) is 13.4. The lowest BCUT2D eigenvalue weighted by Crippen LogP contribution is -2.09. The van der Waals surface area contributed by atoms with Gasteiger partial charge in [0.05, 0.1) is 17.2 Å². The van der Waals surface area contributed by atoms with Crippen molar-refractivity contribution < 1.29 is 23.0 Å². The Hall–Kier alpha value is -1.72. The summed E-state index contributed by atoms with van der Waals surface area (Å²) in [5, 5.41) is 10.7. The zero-order valence-electron chi connectivity index (χ0n) is 12.6. The normalized spacial score (nSPS) is 12.5. The van der Waals surface area contributed by atoms with Crippen molar-refractivity contribution in [1.82, 2.24) is 0 Å². The monoisotopic (exact) mass is 360 g/mol. The summed E-state index contributed by atoms with van der Waals surface area (Å²) in [5.74, 6) is 0.385. The number of aryl methyl sites for hydroxylation is 1. The average molecular weight is 361 g/mol. The minimum absolute atomic E-state index is 0. The second-order valence-electron chi connectivity index (χ2n) is 5.06. The number of alkyl halides is 3. The Labute approximate surface area is 144 Å². The average Bonchev–Trinajstić information content (AvgIpc) is 2.48. The Balaban J connectivity index is 0.00000288. The molecule has 0 aliphatic heterocycles. The smallest absolute Gasteiger partial charge is 0.416 e. The molecule has 1 atom stereocenters. The molecule has 0 amide bonds. The van der Waals surface area contributed by atoms with Gasteiger partial charge in [-0.1, -0.05) is 37.2 Å². The fourth-order valence-corrected chi connectivity index (χ4v) is 2.57. The third kappa shape index (κ3) is 4.22. The highest BCUT2D eigenvalue weighted by atomic mass is 35.5. The lowest BCUT2D eigenvalue weighted by molar-refractivity contribution is -0.137. The third-order valence-corrected chi connectivity index (χ3v) is 3.89. The topological polar surface area (TPSA) is 29.5 Å². The van der Waals surface area contributed by atoms with E-state index >= 15 is 0 Å². The molecule has 2 rings (SSSR count). The molecule has 0 heterocycles. The van der Waals surface area contributed by atoms with Gasteiger partial charge < -0.3 is 9.84 Å². The molecule has 0 radical (unpaired) electrons. The molecule has 0 saturated carbocycles. The van der Waals surface area contributed by atoms with Crippen molar-refractivity contribution in [2.75, 3.05) is 6.61 Å². The van der Waals surface area contributed by atoms with E-state index in [1.54, 1.807) is 32.0 Å². The van der Waals surface area contributed by atoms with Crippen molar-refractivity contribution in [2.45, 2.75) is 33.6 Å². The van der Waals surface area contributed by atoms with E-state index in [4.69, 9.17) is 16.3 Å². The molecule has 2 aromatic carbocycles. The third-order valence-electron chi connectivity index (χ3n) is 3.49. The summed E-state index contributed by atoms with van der Waals surface area (Å²) in [6.45, 7) is 3.82. The molecule has 6 heteroatoms. The van der Waals surface area contributed by atoms with Crippen LogP contribution in [0.1, 0.15) is 42.7 Å². The minimum atomic E-state index is -4.47. The lowest BCUT2D eigenvalue weighted by Gasteiger charge is -2.19. The largest absolute Gasteiger partial charge is 0.492 e. The molecule has 0 bridgehead atoms. The second-order valence-corrected chi connectivity index (χ2v) is 5.44. The van der Waals surface area contributed by atoms with E-state index in [0.717, 1.165) is 12.1 Å². The van der Waals surface area contributed by atoms with Crippen LogP contribution >= 0.6 is 11.6 Å². The Morgan fingerprint density at radius 1 is 1.17 bits per heavy atom. The molecule has 1 unspecified atom stereocenters. The van der Waals surface area contributed by atoms with Gasteiger partial charge in [0.25, 0.3) is 0 Å². The number of hydrogen-bond donors (Lipinski definition) is 1. The van der Waals surface area contributed by atoms with E-state index in [-0.39, 0.29) is 18.0 Å². The highest BCUT2D eigenvalue weighted by Gasteiger charge is 2.31. The van der Waals surface area contributed by atoms with E-state index in [1.807, 2.05) is 0 Å². The van der Waals surface area contributed by atoms with Gasteiger partial charge in [-0.3, -0.25) is 0 Å². The minimum Gasteiger partial charge on any atom is -0.492 e. The zero-order chi connectivity index (χ0) is 17.2. The van der Waals surface area contributed by atoms with E-state index in [1.165, 1.54) is 6.07 Å². The van der Waals surface area contributed by atoms with Crippen LogP contribution in [-0.4, -0.2) is 11.7 Å². The lowest BCUT2D eigenvalue weighted by atomic mass is 9.95. The van der Waals surface area contributed by atoms with Crippen LogP contribution in [0.25, 0.3) is 0 Å². The number of ether oxygens (including phenoxy) is 1. The van der Waals surface area contributed by atoms with E-state index < -0.39 is 17.8 Å². The van der Waals surface area contributed by atoms with Crippen LogP contribution in [0, 0.1) is 6.92 Å². The van der Waals surface area contributed by atoms with Crippen LogP contribution in [-0.2, 0) is 6.18 Å². The second kappa shape index (κ2) is 7.90. The SMILES string of the molecule is C.CCOc1cccc(C(O)c2cc(C(F)(F)F)ccc2C)c1Cl. The fraction of sp³-hybridized carbons (Fsp3) is 0.333. The number of benzene rings is 2. The van der Waals surface area contributed by atoms with Crippen LogP contribution in [0.2, 0.25) is 5.02 Å². The Kier molecular flexibility index (Phi) is 6.69. The van der Waals surface area contributed by atoms with Crippen molar-refractivity contribution in [1.29, 1.82) is 0 Å². The summed E-state index contributed by atoms with van der Waals surface area (Å²) >= 11 is 6.21. The molecule has 0 aromatic heterocycles. The molecule has 0 saturated heterocycles. The Morgan fingerprint density at radius 2 is 1.83 bits per heavy atom. The molecule has 1 N–H and O–H groups in total. The summed E-state index contributed by atoms with van der Waals surface area (Å²) in [4.78, 5) is 0. The van der Waals surface area contributed by atoms with Gasteiger partial charge in [0.2, 0.25) is 0 Å². The van der Waals surface area contributed by atoms with Crippen molar-refractivity contribution in [3.8, 4) is 5.75 Å². The molecule has 132 valence electrons. The first-order chi connectivity index (χ1) is 10.8. The van der Waals surface area contributed by atoms with Crippen molar-refractivity contribution >= 4 is 11.6 Å². The fourth-order valence-electron chi connectivity index (χ4n) is 2.28. The number of rotatable bonds is 4. The predicted molar refractivity (Wildman–Crippen MR) is 89.6 cm³/mol. The predicted octanol–water partition coefficient (Wildman–Crippen LogP) is 5.78. The summed E-state index contributed by atoms with van der Waals surface area (Å²) in [5.41, 5.74) is 0.202. The van der Waals surface area contributed by atoms with Crippen LogP contribution in [0.3, 0.4) is 0 Å². The molecule has 0 fully saturated rings. The van der Waals surface area contributed by atoms with Gasteiger partial charge in [0.1, 0.15) is 11.9 Å². The molecule has 2 nitrogen and oxygen atoms in total. The summed E-state index contributed by atoms with van der Waals surface area (Å²) in [6, 6.07) is 8.11. The molecule has 0 spiro atoms. The van der Waals surface area contributed by atoms with Gasteiger partial charge in [-0.05, 0) is 43.2 Å². The maximum atomic E-state index is 12.9. The van der Waals surface area contributed by atoms with Gasteiger partial charge in [-0.2, -0.15) is 13.2 Å². The van der Waals surface area contributed by atoms with Gasteiger partial charge in [0, 0.05) is 5.56 Å². The van der Waals surface area contributed by atoms with Crippen LogP contribution in [0.5, 0.6) is 5.75 Å². The number of hydrogen-bond acceptors (Lipinski definition) is 2. The van der Waals surface area contributed by atoms with Crippen molar-refractivity contribution in [3.05, 3.63) is 63.7 Å². The quantitative estimate of drug-likeness (QED) is 0.748. The van der Waals surface area contributed by atoms with Gasteiger partial charge in [-0.15, -0.1) is 0 Å². The molecule has 24 heavy (non-hydrogen) atoms. The summed E-state index contributed by atoms with van der Waals surface area (Å²) < 4.78 is 44.0. The highest BCUT2D eigenvalue weighted by Crippen LogP contribution is 2.38. The van der Waals surface area contributed by atoms with Crippen molar-refractivity contribution in [3.63, 3.8) is 0 Å². The van der Waals surface area contributed by atoms with Crippen LogP contribution in [0.15, 0.2) is 36.4 Å². The van der Waals surface area contributed by atoms with Gasteiger partial charge in [0.15, 0.2) is 0 Å². The first-order valence-electron chi connectivity index (χ1n) is 7.02. The number of aliphatic hydroxyl groups excluding tert-OH is 1. The maximum Gasteiger partial charge on any atom is 0.416 e. The first-order valence-corrected chi connectivity index (χ1v) is 7.40. The Morgan fingerprint density at radius 3 is 2.42 bits per heavy atom. The molecule has 2 aromatic rings. The maximum absolute atomic E-state index is 12.9.